The molecule has 0 unspecified atom stereocenters. The van der Waals surface area contributed by atoms with E-state index in [9.17, 15) is 4.79 Å². The SMILES string of the molecule is CO[C@@H](C(=O)N/N=C(/C)C(C)(C)C)c1ccccc1. The van der Waals surface area contributed by atoms with E-state index in [2.05, 4.69) is 10.5 Å². The summed E-state index contributed by atoms with van der Waals surface area (Å²) in [5, 5.41) is 4.13. The van der Waals surface area contributed by atoms with Crippen molar-refractivity contribution in [1.82, 2.24) is 5.43 Å². The van der Waals surface area contributed by atoms with Gasteiger partial charge in [-0.25, -0.2) is 5.43 Å². The lowest BCUT2D eigenvalue weighted by molar-refractivity contribution is -0.131. The van der Waals surface area contributed by atoms with Crippen LogP contribution < -0.4 is 5.43 Å². The molecule has 1 amide bonds. The number of hydrogen-bond donors (Lipinski definition) is 1. The zero-order chi connectivity index (χ0) is 14.5. The van der Waals surface area contributed by atoms with Gasteiger partial charge < -0.3 is 4.74 Å². The first-order valence-corrected chi connectivity index (χ1v) is 6.28. The van der Waals surface area contributed by atoms with Gasteiger partial charge in [0.15, 0.2) is 6.10 Å². The van der Waals surface area contributed by atoms with Crippen LogP contribution in [0.15, 0.2) is 35.4 Å². The zero-order valence-electron chi connectivity index (χ0n) is 12.2. The maximum absolute atomic E-state index is 12.1. The molecule has 4 nitrogen and oxygen atoms in total. The number of benzene rings is 1. The molecule has 19 heavy (non-hydrogen) atoms. The highest BCUT2D eigenvalue weighted by Crippen LogP contribution is 2.17. The van der Waals surface area contributed by atoms with E-state index in [0.29, 0.717) is 0 Å². The summed E-state index contributed by atoms with van der Waals surface area (Å²) in [6.07, 6.45) is -0.641. The van der Waals surface area contributed by atoms with Gasteiger partial charge in [-0.3, -0.25) is 4.79 Å². The average molecular weight is 262 g/mol. The van der Waals surface area contributed by atoms with Crippen LogP contribution in [0.25, 0.3) is 0 Å². The maximum atomic E-state index is 12.1. The van der Waals surface area contributed by atoms with E-state index in [4.69, 9.17) is 4.74 Å². The highest BCUT2D eigenvalue weighted by molar-refractivity contribution is 5.89. The number of carbonyl (C=O) groups excluding carboxylic acids is 1. The highest BCUT2D eigenvalue weighted by Gasteiger charge is 2.20. The first-order valence-electron chi connectivity index (χ1n) is 6.28. The molecule has 0 radical (unpaired) electrons. The number of rotatable bonds is 4. The van der Waals surface area contributed by atoms with Gasteiger partial charge in [-0.1, -0.05) is 51.1 Å². The number of hydrogen-bond acceptors (Lipinski definition) is 3. The number of hydrazone groups is 1. The molecule has 0 fully saturated rings. The Hall–Kier alpha value is -1.68. The average Bonchev–Trinajstić information content (AvgIpc) is 2.37. The minimum absolute atomic E-state index is 0.0669. The second-order valence-corrected chi connectivity index (χ2v) is 5.45. The molecule has 0 heterocycles. The third-order valence-corrected chi connectivity index (χ3v) is 3.00. The van der Waals surface area contributed by atoms with Crippen LogP contribution in [0.3, 0.4) is 0 Å². The van der Waals surface area contributed by atoms with Crippen LogP contribution in [0.5, 0.6) is 0 Å². The fourth-order valence-corrected chi connectivity index (χ4v) is 1.39. The van der Waals surface area contributed by atoms with Gasteiger partial charge in [0.25, 0.3) is 5.91 Å². The van der Waals surface area contributed by atoms with Gasteiger partial charge in [0, 0.05) is 18.2 Å². The van der Waals surface area contributed by atoms with Crippen molar-refractivity contribution in [3.63, 3.8) is 0 Å². The van der Waals surface area contributed by atoms with Crippen molar-refractivity contribution in [3.05, 3.63) is 35.9 Å². The van der Waals surface area contributed by atoms with Crippen molar-refractivity contribution in [2.75, 3.05) is 7.11 Å². The van der Waals surface area contributed by atoms with Crippen molar-refractivity contribution in [2.24, 2.45) is 10.5 Å². The number of nitrogens with zero attached hydrogens (tertiary/aromatic N) is 1. The Kier molecular flexibility index (Phi) is 5.24. The van der Waals surface area contributed by atoms with Gasteiger partial charge in [-0.05, 0) is 12.5 Å². The van der Waals surface area contributed by atoms with Gasteiger partial charge in [-0.15, -0.1) is 0 Å². The quantitative estimate of drug-likeness (QED) is 0.670. The molecule has 1 N–H and O–H groups in total. The Labute approximate surface area is 114 Å². The summed E-state index contributed by atoms with van der Waals surface area (Å²) in [5.74, 6) is -0.266. The Balaban J connectivity index is 2.77. The molecule has 1 aromatic carbocycles. The first-order chi connectivity index (χ1) is 8.86. The fraction of sp³-hybridized carbons (Fsp3) is 0.467. The topological polar surface area (TPSA) is 50.7 Å². The molecular formula is C15H22N2O2. The van der Waals surface area contributed by atoms with E-state index in [1.165, 1.54) is 7.11 Å². The van der Waals surface area contributed by atoms with E-state index >= 15 is 0 Å². The van der Waals surface area contributed by atoms with Crippen LogP contribution in [0, 0.1) is 5.41 Å². The third-order valence-electron chi connectivity index (χ3n) is 3.00. The number of methoxy groups -OCH3 is 1. The summed E-state index contributed by atoms with van der Waals surface area (Å²) in [6, 6.07) is 9.36. The second-order valence-electron chi connectivity index (χ2n) is 5.45. The Bertz CT molecular complexity index is 447. The molecule has 0 saturated carbocycles. The van der Waals surface area contributed by atoms with Crippen molar-refractivity contribution < 1.29 is 9.53 Å². The smallest absolute Gasteiger partial charge is 0.273 e. The summed E-state index contributed by atoms with van der Waals surface area (Å²) in [5.41, 5.74) is 4.17. The molecule has 0 aromatic heterocycles. The lowest BCUT2D eigenvalue weighted by Gasteiger charge is -2.19. The zero-order valence-corrected chi connectivity index (χ0v) is 12.2. The normalized spacial score (nSPS) is 14.1. The Morgan fingerprint density at radius 1 is 1.26 bits per heavy atom. The van der Waals surface area contributed by atoms with Crippen LogP contribution in [0.4, 0.5) is 0 Å². The van der Waals surface area contributed by atoms with Crippen LogP contribution in [0.1, 0.15) is 39.4 Å². The molecule has 0 saturated heterocycles. The molecule has 104 valence electrons. The highest BCUT2D eigenvalue weighted by atomic mass is 16.5. The largest absolute Gasteiger partial charge is 0.367 e. The van der Waals surface area contributed by atoms with E-state index < -0.39 is 6.10 Å². The number of ether oxygens (including phenoxy) is 1. The van der Waals surface area contributed by atoms with Gasteiger partial charge >= 0.3 is 0 Å². The Morgan fingerprint density at radius 3 is 2.32 bits per heavy atom. The van der Waals surface area contributed by atoms with Crippen LogP contribution in [-0.4, -0.2) is 18.7 Å². The first kappa shape index (κ1) is 15.4. The predicted octanol–water partition coefficient (Wildman–Crippen LogP) is 2.91. The van der Waals surface area contributed by atoms with Gasteiger partial charge in [0.1, 0.15) is 0 Å². The number of amides is 1. The van der Waals surface area contributed by atoms with Gasteiger partial charge in [0.05, 0.1) is 0 Å². The van der Waals surface area contributed by atoms with Crippen LogP contribution >= 0.6 is 0 Å². The molecule has 1 atom stereocenters. The molecule has 4 heteroatoms. The molecule has 0 aliphatic heterocycles. The lowest BCUT2D eigenvalue weighted by atomic mass is 9.91. The molecule has 0 aliphatic carbocycles. The molecule has 1 rings (SSSR count). The fourth-order valence-electron chi connectivity index (χ4n) is 1.39. The van der Waals surface area contributed by atoms with Crippen molar-refractivity contribution in [3.8, 4) is 0 Å². The summed E-state index contributed by atoms with van der Waals surface area (Å²) in [6.45, 7) is 8.03. The van der Waals surface area contributed by atoms with Gasteiger partial charge in [0.2, 0.25) is 0 Å². The number of nitrogens with one attached hydrogen (secondary N) is 1. The summed E-state index contributed by atoms with van der Waals surface area (Å²) >= 11 is 0. The number of carbonyl (C=O) groups is 1. The van der Waals surface area contributed by atoms with Crippen molar-refractivity contribution in [2.45, 2.75) is 33.8 Å². The van der Waals surface area contributed by atoms with E-state index in [1.807, 2.05) is 58.0 Å². The Morgan fingerprint density at radius 2 is 1.84 bits per heavy atom. The van der Waals surface area contributed by atoms with Gasteiger partial charge in [-0.2, -0.15) is 5.10 Å². The second kappa shape index (κ2) is 6.48. The molecule has 0 spiro atoms. The predicted molar refractivity (Wildman–Crippen MR) is 76.9 cm³/mol. The van der Waals surface area contributed by atoms with Crippen molar-refractivity contribution >= 4 is 11.6 Å². The molecule has 1 aromatic rings. The molecule has 0 bridgehead atoms. The standard InChI is InChI=1S/C15H22N2O2/c1-11(15(2,3)4)16-17-14(18)13(19-5)12-9-7-6-8-10-12/h6-10,13H,1-5H3,(H,17,18)/b16-11-/t13-/m1/s1. The van der Waals surface area contributed by atoms with Crippen LogP contribution in [0.2, 0.25) is 0 Å². The molecular weight excluding hydrogens is 240 g/mol. The summed E-state index contributed by atoms with van der Waals surface area (Å²) in [7, 11) is 1.51. The minimum Gasteiger partial charge on any atom is -0.367 e. The van der Waals surface area contributed by atoms with E-state index in [1.54, 1.807) is 0 Å². The summed E-state index contributed by atoms with van der Waals surface area (Å²) < 4.78 is 5.23. The lowest BCUT2D eigenvalue weighted by Crippen LogP contribution is -2.29. The monoisotopic (exact) mass is 262 g/mol. The van der Waals surface area contributed by atoms with E-state index in [-0.39, 0.29) is 11.3 Å². The third kappa shape index (κ3) is 4.48. The molecule has 0 aliphatic rings. The summed E-state index contributed by atoms with van der Waals surface area (Å²) in [4.78, 5) is 12.1. The van der Waals surface area contributed by atoms with Crippen molar-refractivity contribution in [1.29, 1.82) is 0 Å². The van der Waals surface area contributed by atoms with Crippen LogP contribution in [-0.2, 0) is 9.53 Å². The minimum atomic E-state index is -0.641. The maximum Gasteiger partial charge on any atom is 0.273 e. The van der Waals surface area contributed by atoms with E-state index in [0.717, 1.165) is 11.3 Å².